The molecule has 1 aromatic carbocycles. The Hall–Kier alpha value is -4.71. The van der Waals surface area contributed by atoms with E-state index in [0.29, 0.717) is 39.9 Å². The fraction of sp³-hybridized carbons (Fsp3) is 0.333. The van der Waals surface area contributed by atoms with Crippen molar-refractivity contribution in [3.8, 4) is 11.1 Å². The molecule has 0 saturated carbocycles. The van der Waals surface area contributed by atoms with E-state index in [9.17, 15) is 19.1 Å². The van der Waals surface area contributed by atoms with Gasteiger partial charge in [0.1, 0.15) is 17.0 Å². The van der Waals surface area contributed by atoms with Crippen molar-refractivity contribution in [3.05, 3.63) is 58.4 Å². The van der Waals surface area contributed by atoms with Gasteiger partial charge in [0.05, 0.1) is 27.7 Å². The quantitative estimate of drug-likeness (QED) is 0.250. The van der Waals surface area contributed by atoms with Gasteiger partial charge in [0.15, 0.2) is 5.65 Å². The van der Waals surface area contributed by atoms with Crippen LogP contribution in [0.25, 0.3) is 44.1 Å². The third-order valence-corrected chi connectivity index (χ3v) is 8.94. The highest BCUT2D eigenvalue weighted by molar-refractivity contribution is 6.18. The number of nitrogens with one attached hydrogen (secondary N) is 3. The highest BCUT2D eigenvalue weighted by Crippen LogP contribution is 2.45. The van der Waals surface area contributed by atoms with Crippen LogP contribution in [0.2, 0.25) is 0 Å². The predicted molar refractivity (Wildman–Crippen MR) is 162 cm³/mol. The van der Waals surface area contributed by atoms with Gasteiger partial charge in [-0.05, 0) is 50.6 Å². The summed E-state index contributed by atoms with van der Waals surface area (Å²) in [5.74, 6) is -1.18. The van der Waals surface area contributed by atoms with E-state index >= 15 is 0 Å². The Bertz CT molecular complexity index is 1970. The lowest BCUT2D eigenvalue weighted by atomic mass is 9.93. The molecule has 11 nitrogen and oxygen atoms in total. The number of H-pyrrole nitrogens is 1. The normalized spacial score (nSPS) is 19.1. The second kappa shape index (κ2) is 9.69. The number of carboxylic acid groups (broad SMARTS) is 1. The van der Waals surface area contributed by atoms with Crippen LogP contribution in [0, 0.1) is 11.7 Å². The molecule has 0 bridgehead atoms. The SMILES string of the molecule is CNc1cc(F)cc2c1[nH]c1ncc(-c3cnc4c(c3)c(=O)c(C(=O)O)cn4NC)c(N3C[C@H]4CCCN(C)[C@H]4C3)c12. The summed E-state index contributed by atoms with van der Waals surface area (Å²) in [5, 5.41) is 14.4. The maximum Gasteiger partial charge on any atom is 0.341 e. The molecular weight excluding hydrogens is 539 g/mol. The minimum atomic E-state index is -1.31. The molecule has 5 aromatic rings. The Kier molecular flexibility index (Phi) is 6.05. The van der Waals surface area contributed by atoms with E-state index in [1.54, 1.807) is 32.6 Å². The molecule has 2 aliphatic rings. The van der Waals surface area contributed by atoms with Gasteiger partial charge in [0.25, 0.3) is 0 Å². The van der Waals surface area contributed by atoms with Gasteiger partial charge >= 0.3 is 5.97 Å². The van der Waals surface area contributed by atoms with Crippen molar-refractivity contribution < 1.29 is 14.3 Å². The van der Waals surface area contributed by atoms with Gasteiger partial charge in [-0.2, -0.15) is 0 Å². The molecule has 4 N–H and O–H groups in total. The standard InChI is InChI=1S/C30H31FN8O3/c1-32-22-9-17(31)8-18-24-26(38-12-15-5-4-6-37(3)23(15)14-38)20(11-34-28(24)36-25(18)22)16-7-19-27(40)21(30(41)42)13-39(33-2)29(19)35-10-16/h7-11,13,15,23,32-33H,4-6,12,14H2,1-3H3,(H,34,36)(H,41,42)/t15-,23+/m1/s1. The van der Waals surface area contributed by atoms with Crippen LogP contribution in [0.4, 0.5) is 15.8 Å². The second-order valence-corrected chi connectivity index (χ2v) is 11.2. The van der Waals surface area contributed by atoms with Crippen LogP contribution in [-0.2, 0) is 0 Å². The number of aromatic nitrogens is 4. The zero-order valence-electron chi connectivity index (χ0n) is 23.5. The van der Waals surface area contributed by atoms with Gasteiger partial charge in [-0.25, -0.2) is 23.8 Å². The number of hydrogen-bond donors (Lipinski definition) is 4. The van der Waals surface area contributed by atoms with E-state index in [2.05, 4.69) is 37.6 Å². The van der Waals surface area contributed by atoms with Crippen LogP contribution in [0.5, 0.6) is 0 Å². The summed E-state index contributed by atoms with van der Waals surface area (Å²) in [4.78, 5) is 42.7. The number of nitrogens with zero attached hydrogens (tertiary/aromatic N) is 5. The summed E-state index contributed by atoms with van der Waals surface area (Å²) in [6.45, 7) is 2.68. The Labute approximate surface area is 239 Å². The summed E-state index contributed by atoms with van der Waals surface area (Å²) in [6, 6.07) is 5.06. The molecule has 2 atom stereocenters. The van der Waals surface area contributed by atoms with E-state index in [0.717, 1.165) is 54.6 Å². The summed E-state index contributed by atoms with van der Waals surface area (Å²) in [6.07, 6.45) is 6.95. The zero-order chi connectivity index (χ0) is 29.3. The minimum Gasteiger partial charge on any atom is -0.477 e. The zero-order valence-corrected chi connectivity index (χ0v) is 23.5. The van der Waals surface area contributed by atoms with Crippen molar-refractivity contribution in [1.82, 2.24) is 24.5 Å². The number of hydrogen-bond acceptors (Lipinski definition) is 8. The van der Waals surface area contributed by atoms with Gasteiger partial charge in [-0.3, -0.25) is 4.79 Å². The predicted octanol–water partition coefficient (Wildman–Crippen LogP) is 3.68. The number of rotatable bonds is 5. The largest absolute Gasteiger partial charge is 0.477 e. The first-order valence-corrected chi connectivity index (χ1v) is 14.0. The van der Waals surface area contributed by atoms with Crippen molar-refractivity contribution in [2.45, 2.75) is 18.9 Å². The van der Waals surface area contributed by atoms with Crippen molar-refractivity contribution in [2.75, 3.05) is 56.4 Å². The maximum absolute atomic E-state index is 14.9. The smallest absolute Gasteiger partial charge is 0.341 e. The Balaban J connectivity index is 1.52. The van der Waals surface area contributed by atoms with Crippen molar-refractivity contribution in [3.63, 3.8) is 0 Å². The molecule has 6 heterocycles. The average molecular weight is 571 g/mol. The van der Waals surface area contributed by atoms with Gasteiger partial charge in [0.2, 0.25) is 5.43 Å². The average Bonchev–Trinajstić information content (AvgIpc) is 3.59. The molecule has 2 saturated heterocycles. The van der Waals surface area contributed by atoms with E-state index in [-0.39, 0.29) is 16.8 Å². The fourth-order valence-corrected chi connectivity index (χ4v) is 6.91. The molecule has 0 spiro atoms. The molecule has 42 heavy (non-hydrogen) atoms. The molecular formula is C30H31FN8O3. The number of likely N-dealkylation sites (tertiary alicyclic amines) is 1. The molecule has 4 aromatic heterocycles. The molecule has 0 unspecified atom stereocenters. The van der Waals surface area contributed by atoms with Crippen LogP contribution >= 0.6 is 0 Å². The van der Waals surface area contributed by atoms with Gasteiger partial charge in [-0.1, -0.05) is 0 Å². The third-order valence-electron chi connectivity index (χ3n) is 8.94. The van der Waals surface area contributed by atoms with Crippen LogP contribution in [-0.4, -0.2) is 82.4 Å². The third kappa shape index (κ3) is 3.89. The lowest BCUT2D eigenvalue weighted by molar-refractivity contribution is 0.0695. The number of carboxylic acids is 1. The number of likely N-dealkylation sites (N-methyl/N-ethyl adjacent to an activating group) is 1. The van der Waals surface area contributed by atoms with Crippen LogP contribution < -0.4 is 21.1 Å². The molecule has 2 fully saturated rings. The summed E-state index contributed by atoms with van der Waals surface area (Å²) < 4.78 is 16.3. The molecule has 0 aliphatic carbocycles. The number of benzene rings is 1. The molecule has 12 heteroatoms. The maximum atomic E-state index is 14.9. The topological polar surface area (TPSA) is 131 Å². The number of anilines is 2. The number of aromatic carboxylic acids is 1. The van der Waals surface area contributed by atoms with Crippen LogP contribution in [0.1, 0.15) is 23.2 Å². The first kappa shape index (κ1) is 26.2. The number of piperidine rings is 1. The number of halogens is 1. The number of aromatic amines is 1. The van der Waals surface area contributed by atoms with E-state index in [1.165, 1.54) is 23.0 Å². The van der Waals surface area contributed by atoms with Crippen LogP contribution in [0.3, 0.4) is 0 Å². The number of fused-ring (bicyclic) bond motifs is 5. The van der Waals surface area contributed by atoms with Crippen molar-refractivity contribution in [2.24, 2.45) is 5.92 Å². The minimum absolute atomic E-state index is 0.171. The van der Waals surface area contributed by atoms with E-state index in [4.69, 9.17) is 4.98 Å². The molecule has 0 amide bonds. The Morgan fingerprint density at radius 3 is 2.71 bits per heavy atom. The van der Waals surface area contributed by atoms with Crippen LogP contribution in [0.15, 0.2) is 41.6 Å². The number of carbonyl (C=O) groups is 1. The van der Waals surface area contributed by atoms with E-state index in [1.807, 2.05) is 0 Å². The number of pyridine rings is 3. The highest BCUT2D eigenvalue weighted by atomic mass is 19.1. The van der Waals surface area contributed by atoms with Crippen molar-refractivity contribution >= 4 is 50.3 Å². The lowest BCUT2D eigenvalue weighted by Gasteiger charge is -2.33. The fourth-order valence-electron chi connectivity index (χ4n) is 6.91. The monoisotopic (exact) mass is 570 g/mol. The first-order valence-electron chi connectivity index (χ1n) is 14.0. The molecule has 2 aliphatic heterocycles. The summed E-state index contributed by atoms with van der Waals surface area (Å²) >= 11 is 0. The Morgan fingerprint density at radius 2 is 1.98 bits per heavy atom. The molecule has 0 radical (unpaired) electrons. The lowest BCUT2D eigenvalue weighted by Crippen LogP contribution is -2.42. The summed E-state index contributed by atoms with van der Waals surface area (Å²) in [7, 11) is 5.55. The highest BCUT2D eigenvalue weighted by Gasteiger charge is 2.39. The first-order chi connectivity index (χ1) is 20.3. The Morgan fingerprint density at radius 1 is 1.14 bits per heavy atom. The van der Waals surface area contributed by atoms with Gasteiger partial charge in [-0.15, -0.1) is 0 Å². The van der Waals surface area contributed by atoms with Gasteiger partial charge < -0.3 is 30.6 Å². The van der Waals surface area contributed by atoms with E-state index < -0.39 is 11.4 Å². The molecule has 216 valence electrons. The summed E-state index contributed by atoms with van der Waals surface area (Å²) in [5.41, 5.74) is 6.50. The van der Waals surface area contributed by atoms with Gasteiger partial charge in [0, 0.05) is 68.3 Å². The second-order valence-electron chi connectivity index (χ2n) is 11.2. The molecule has 7 rings (SSSR count). The van der Waals surface area contributed by atoms with Crippen molar-refractivity contribution in [1.29, 1.82) is 0 Å².